The molecular weight excluding hydrogens is 368 g/mol. The van der Waals surface area contributed by atoms with Crippen molar-refractivity contribution in [2.24, 2.45) is 0 Å². The van der Waals surface area contributed by atoms with Crippen molar-refractivity contribution in [1.29, 1.82) is 0 Å². The SMILES string of the molecule is Cc1ccccc1/C=C1/Oc2c(ccc(O)c2C[NH+]2CC[NH+](CCO)CC2)C1=O. The van der Waals surface area contributed by atoms with Crippen LogP contribution in [0.3, 0.4) is 0 Å². The number of ketones is 1. The zero-order valence-electron chi connectivity index (χ0n) is 16.7. The lowest BCUT2D eigenvalue weighted by atomic mass is 10.0. The van der Waals surface area contributed by atoms with Gasteiger partial charge in [-0.15, -0.1) is 0 Å². The van der Waals surface area contributed by atoms with Crippen LogP contribution in [-0.4, -0.2) is 55.3 Å². The van der Waals surface area contributed by atoms with Crippen molar-refractivity contribution in [3.05, 3.63) is 64.4 Å². The number of fused-ring (bicyclic) bond motifs is 1. The molecule has 2 aromatic rings. The second-order valence-corrected chi connectivity index (χ2v) is 7.89. The lowest BCUT2D eigenvalue weighted by Gasteiger charge is -2.29. The minimum absolute atomic E-state index is 0.142. The van der Waals surface area contributed by atoms with Gasteiger partial charge in [-0.25, -0.2) is 0 Å². The molecule has 2 heterocycles. The number of benzene rings is 2. The van der Waals surface area contributed by atoms with Crippen LogP contribution >= 0.6 is 0 Å². The molecule has 1 fully saturated rings. The predicted octanol–water partition coefficient (Wildman–Crippen LogP) is -0.407. The normalized spacial score (nSPS) is 22.6. The van der Waals surface area contributed by atoms with Crippen LogP contribution in [-0.2, 0) is 6.54 Å². The third-order valence-corrected chi connectivity index (χ3v) is 5.95. The van der Waals surface area contributed by atoms with Crippen LogP contribution in [0.2, 0.25) is 0 Å². The lowest BCUT2D eigenvalue weighted by molar-refractivity contribution is -1.02. The molecule has 1 saturated heterocycles. The average molecular weight is 396 g/mol. The molecule has 2 aromatic carbocycles. The maximum absolute atomic E-state index is 12.9. The highest BCUT2D eigenvalue weighted by atomic mass is 16.5. The summed E-state index contributed by atoms with van der Waals surface area (Å²) < 4.78 is 5.99. The highest BCUT2D eigenvalue weighted by Gasteiger charge is 2.33. The number of carbonyl (C=O) groups is 1. The maximum atomic E-state index is 12.9. The van der Waals surface area contributed by atoms with Gasteiger partial charge in [-0.05, 0) is 36.3 Å². The summed E-state index contributed by atoms with van der Waals surface area (Å²) in [4.78, 5) is 15.6. The number of carbonyl (C=O) groups excluding carboxylic acids is 1. The van der Waals surface area contributed by atoms with Gasteiger partial charge in [0.2, 0.25) is 5.78 Å². The van der Waals surface area contributed by atoms with E-state index in [2.05, 4.69) is 0 Å². The molecule has 152 valence electrons. The Morgan fingerprint density at radius 1 is 1.07 bits per heavy atom. The van der Waals surface area contributed by atoms with E-state index in [9.17, 15) is 9.90 Å². The number of nitrogens with one attached hydrogen (secondary N) is 2. The number of ether oxygens (including phenoxy) is 1. The number of allylic oxidation sites excluding steroid dienone is 1. The van der Waals surface area contributed by atoms with E-state index in [1.807, 2.05) is 31.2 Å². The summed E-state index contributed by atoms with van der Waals surface area (Å²) in [5, 5.41) is 19.6. The van der Waals surface area contributed by atoms with Gasteiger partial charge in [0.15, 0.2) is 11.5 Å². The Labute approximate surface area is 170 Å². The largest absolute Gasteiger partial charge is 0.507 e. The summed E-state index contributed by atoms with van der Waals surface area (Å²) in [5.41, 5.74) is 3.23. The van der Waals surface area contributed by atoms with E-state index in [1.54, 1.807) is 18.2 Å². The van der Waals surface area contributed by atoms with Crippen LogP contribution in [0.1, 0.15) is 27.0 Å². The molecule has 0 saturated carbocycles. The quantitative estimate of drug-likeness (QED) is 0.519. The van der Waals surface area contributed by atoms with Crippen LogP contribution in [0.4, 0.5) is 0 Å². The van der Waals surface area contributed by atoms with E-state index in [-0.39, 0.29) is 18.1 Å². The van der Waals surface area contributed by atoms with Crippen molar-refractivity contribution < 1.29 is 29.5 Å². The van der Waals surface area contributed by atoms with Crippen LogP contribution in [0.15, 0.2) is 42.2 Å². The van der Waals surface area contributed by atoms with Crippen LogP contribution in [0.5, 0.6) is 11.5 Å². The summed E-state index contributed by atoms with van der Waals surface area (Å²) in [7, 11) is 0. The number of rotatable bonds is 5. The van der Waals surface area contributed by atoms with Gasteiger partial charge in [-0.1, -0.05) is 24.3 Å². The number of hydrogen-bond acceptors (Lipinski definition) is 4. The molecule has 6 nitrogen and oxygen atoms in total. The first-order chi connectivity index (χ1) is 14.1. The molecule has 0 aromatic heterocycles. The first-order valence-corrected chi connectivity index (χ1v) is 10.2. The zero-order valence-corrected chi connectivity index (χ0v) is 16.7. The van der Waals surface area contributed by atoms with Gasteiger partial charge in [0.1, 0.15) is 45.0 Å². The minimum Gasteiger partial charge on any atom is -0.507 e. The summed E-state index contributed by atoms with van der Waals surface area (Å²) in [6, 6.07) is 11.1. The molecule has 6 heteroatoms. The topological polar surface area (TPSA) is 75.6 Å². The Morgan fingerprint density at radius 2 is 1.79 bits per heavy atom. The van der Waals surface area contributed by atoms with Crippen LogP contribution < -0.4 is 14.5 Å². The molecule has 0 amide bonds. The summed E-state index contributed by atoms with van der Waals surface area (Å²) in [6.07, 6.45) is 1.78. The third kappa shape index (κ3) is 4.05. The monoisotopic (exact) mass is 396 g/mol. The van der Waals surface area contributed by atoms with Crippen LogP contribution in [0.25, 0.3) is 6.08 Å². The smallest absolute Gasteiger partial charge is 0.231 e. The predicted molar refractivity (Wildman–Crippen MR) is 109 cm³/mol. The van der Waals surface area contributed by atoms with Gasteiger partial charge >= 0.3 is 0 Å². The molecule has 0 bridgehead atoms. The zero-order chi connectivity index (χ0) is 20.4. The number of phenols is 1. The second-order valence-electron chi connectivity index (χ2n) is 7.89. The Morgan fingerprint density at radius 3 is 2.52 bits per heavy atom. The van der Waals surface area contributed by atoms with Crippen molar-refractivity contribution in [1.82, 2.24) is 0 Å². The third-order valence-electron chi connectivity index (χ3n) is 5.95. The van der Waals surface area contributed by atoms with E-state index in [0.717, 1.165) is 43.9 Å². The molecule has 2 aliphatic heterocycles. The molecule has 4 rings (SSSR count). The lowest BCUT2D eigenvalue weighted by Crippen LogP contribution is -3.27. The van der Waals surface area contributed by atoms with E-state index in [4.69, 9.17) is 9.84 Å². The van der Waals surface area contributed by atoms with Gasteiger partial charge in [0.25, 0.3) is 0 Å². The number of phenolic OH excluding ortho intramolecular Hbond substituents is 1. The number of quaternary nitrogens is 2. The number of aliphatic hydroxyl groups excluding tert-OH is 1. The average Bonchev–Trinajstić information content (AvgIpc) is 3.03. The van der Waals surface area contributed by atoms with E-state index in [0.29, 0.717) is 29.2 Å². The number of Topliss-reactive ketones (excluding diaryl/α,β-unsaturated/α-hetero) is 1. The molecule has 0 unspecified atom stereocenters. The van der Waals surface area contributed by atoms with E-state index < -0.39 is 0 Å². The number of aryl methyl sites for hydroxylation is 1. The first kappa shape index (κ1) is 19.6. The molecule has 0 atom stereocenters. The standard InChI is InChI=1S/C23H26N2O4/c1-16-4-2-3-5-17(16)14-21-22(28)18-6-7-20(27)19(23(18)29-21)15-25-10-8-24(9-11-25)12-13-26/h2-7,14,26-27H,8-13,15H2,1H3/p+2/b21-14+. The Bertz CT molecular complexity index is 946. The van der Waals surface area contributed by atoms with Gasteiger partial charge in [0, 0.05) is 0 Å². The Hall–Kier alpha value is -2.67. The maximum Gasteiger partial charge on any atom is 0.231 e. The summed E-state index contributed by atoms with van der Waals surface area (Å²) in [5.74, 6) is 0.823. The molecule has 2 aliphatic rings. The Balaban J connectivity index is 1.56. The van der Waals surface area contributed by atoms with Crippen LogP contribution in [0, 0.1) is 6.92 Å². The fourth-order valence-corrected chi connectivity index (χ4v) is 4.15. The number of aromatic hydroxyl groups is 1. The minimum atomic E-state index is -0.142. The molecule has 0 spiro atoms. The number of hydrogen-bond donors (Lipinski definition) is 4. The van der Waals surface area contributed by atoms with E-state index in [1.165, 1.54) is 9.80 Å². The fourth-order valence-electron chi connectivity index (χ4n) is 4.15. The molecule has 0 aliphatic carbocycles. The number of piperazine rings is 1. The highest BCUT2D eigenvalue weighted by Crippen LogP contribution is 2.39. The van der Waals surface area contributed by atoms with Gasteiger partial charge < -0.3 is 24.7 Å². The number of aliphatic hydroxyl groups is 1. The van der Waals surface area contributed by atoms with Gasteiger partial charge in [-0.2, -0.15) is 0 Å². The van der Waals surface area contributed by atoms with Gasteiger partial charge in [-0.3, -0.25) is 4.79 Å². The van der Waals surface area contributed by atoms with Crippen molar-refractivity contribution in [3.63, 3.8) is 0 Å². The van der Waals surface area contributed by atoms with Crippen molar-refractivity contribution >= 4 is 11.9 Å². The molecule has 0 radical (unpaired) electrons. The molecule has 29 heavy (non-hydrogen) atoms. The Kier molecular flexibility index (Phi) is 5.67. The molecule has 4 N–H and O–H groups in total. The van der Waals surface area contributed by atoms with Crippen molar-refractivity contribution in [2.45, 2.75) is 13.5 Å². The first-order valence-electron chi connectivity index (χ1n) is 10.2. The molecular formula is C23H28N2O4+2. The fraction of sp³-hybridized carbons (Fsp3) is 0.348. The second kappa shape index (κ2) is 8.37. The van der Waals surface area contributed by atoms with Crippen molar-refractivity contribution in [2.75, 3.05) is 39.3 Å². The summed E-state index contributed by atoms with van der Waals surface area (Å²) in [6.45, 7) is 7.50. The van der Waals surface area contributed by atoms with E-state index >= 15 is 0 Å². The van der Waals surface area contributed by atoms with Crippen molar-refractivity contribution in [3.8, 4) is 11.5 Å². The highest BCUT2D eigenvalue weighted by molar-refractivity contribution is 6.15. The van der Waals surface area contributed by atoms with Gasteiger partial charge in [0.05, 0.1) is 17.7 Å². The summed E-state index contributed by atoms with van der Waals surface area (Å²) >= 11 is 0.